The summed E-state index contributed by atoms with van der Waals surface area (Å²) in [7, 11) is 0. The summed E-state index contributed by atoms with van der Waals surface area (Å²) < 4.78 is 45.0. The molecule has 0 aliphatic carbocycles. The lowest BCUT2D eigenvalue weighted by Gasteiger charge is -2.11. The molecular formula is C13H18F3NO2. The maximum atomic E-state index is 11.8. The van der Waals surface area contributed by atoms with Gasteiger partial charge in [-0.25, -0.2) is 0 Å². The first kappa shape index (κ1) is 15.8. The van der Waals surface area contributed by atoms with Crippen molar-refractivity contribution >= 4 is 0 Å². The fraction of sp³-hybridized carbons (Fsp3) is 0.538. The van der Waals surface area contributed by atoms with Crippen LogP contribution in [-0.4, -0.2) is 26.0 Å². The van der Waals surface area contributed by atoms with Crippen LogP contribution in [0.2, 0.25) is 0 Å². The summed E-state index contributed by atoms with van der Waals surface area (Å²) in [6.45, 7) is 0.721. The molecular weight excluding hydrogens is 259 g/mol. The number of benzene rings is 1. The van der Waals surface area contributed by atoms with Gasteiger partial charge in [0, 0.05) is 6.04 Å². The predicted molar refractivity (Wildman–Crippen MR) is 66.0 cm³/mol. The average Bonchev–Trinajstić information content (AvgIpc) is 2.37. The summed E-state index contributed by atoms with van der Waals surface area (Å²) in [4.78, 5) is 0. The fourth-order valence-corrected chi connectivity index (χ4v) is 1.45. The molecule has 0 saturated carbocycles. The second-order valence-corrected chi connectivity index (χ2v) is 4.10. The summed E-state index contributed by atoms with van der Waals surface area (Å²) in [5.74, 6) is 0.586. The number of alkyl halides is 3. The molecule has 0 radical (unpaired) electrons. The highest BCUT2D eigenvalue weighted by Gasteiger charge is 2.27. The van der Waals surface area contributed by atoms with Crippen LogP contribution in [0, 0.1) is 0 Å². The molecule has 0 aliphatic heterocycles. The zero-order valence-electron chi connectivity index (χ0n) is 10.7. The van der Waals surface area contributed by atoms with Gasteiger partial charge in [0.05, 0.1) is 6.61 Å². The van der Waals surface area contributed by atoms with Gasteiger partial charge in [0.15, 0.2) is 0 Å². The lowest BCUT2D eigenvalue weighted by Crippen LogP contribution is -2.19. The number of hydrogen-bond acceptors (Lipinski definition) is 3. The van der Waals surface area contributed by atoms with Crippen LogP contribution in [0.4, 0.5) is 13.2 Å². The van der Waals surface area contributed by atoms with Gasteiger partial charge in [0.1, 0.15) is 19.0 Å². The molecule has 6 heteroatoms. The normalized spacial score (nSPS) is 13.3. The number of nitrogens with two attached hydrogens (primary N) is 1. The van der Waals surface area contributed by atoms with Crippen molar-refractivity contribution < 1.29 is 22.6 Å². The molecule has 0 fully saturated rings. The Bertz CT molecular complexity index is 365. The Morgan fingerprint density at radius 2 is 1.79 bits per heavy atom. The molecule has 1 aromatic carbocycles. The SMILES string of the molecule is CC[C@@H](N)c1ccc(OCCOCC(F)(F)F)cc1. The van der Waals surface area contributed by atoms with E-state index in [0.29, 0.717) is 5.75 Å². The van der Waals surface area contributed by atoms with Crippen molar-refractivity contribution in [3.8, 4) is 5.75 Å². The van der Waals surface area contributed by atoms with Crippen molar-refractivity contribution in [1.82, 2.24) is 0 Å². The molecule has 108 valence electrons. The standard InChI is InChI=1S/C13H18F3NO2/c1-2-12(17)10-3-5-11(6-4-10)19-8-7-18-9-13(14,15)16/h3-6,12H,2,7-9,17H2,1H3/t12-/m1/s1. The van der Waals surface area contributed by atoms with E-state index in [2.05, 4.69) is 4.74 Å². The van der Waals surface area contributed by atoms with E-state index >= 15 is 0 Å². The van der Waals surface area contributed by atoms with Gasteiger partial charge in [0.25, 0.3) is 0 Å². The lowest BCUT2D eigenvalue weighted by atomic mass is 10.1. The van der Waals surface area contributed by atoms with Crippen molar-refractivity contribution in [2.45, 2.75) is 25.6 Å². The van der Waals surface area contributed by atoms with Crippen LogP contribution in [0.25, 0.3) is 0 Å². The molecule has 3 nitrogen and oxygen atoms in total. The summed E-state index contributed by atoms with van der Waals surface area (Å²) in [6, 6.07) is 7.17. The van der Waals surface area contributed by atoms with E-state index in [4.69, 9.17) is 10.5 Å². The van der Waals surface area contributed by atoms with Gasteiger partial charge in [-0.3, -0.25) is 0 Å². The van der Waals surface area contributed by atoms with E-state index in [0.717, 1.165) is 12.0 Å². The number of ether oxygens (including phenoxy) is 2. The van der Waals surface area contributed by atoms with Gasteiger partial charge in [-0.1, -0.05) is 19.1 Å². The maximum absolute atomic E-state index is 11.8. The third-order valence-corrected chi connectivity index (χ3v) is 2.51. The van der Waals surface area contributed by atoms with Gasteiger partial charge < -0.3 is 15.2 Å². The van der Waals surface area contributed by atoms with Crippen LogP contribution in [0.3, 0.4) is 0 Å². The van der Waals surface area contributed by atoms with Gasteiger partial charge in [0.2, 0.25) is 0 Å². The van der Waals surface area contributed by atoms with Gasteiger partial charge in [-0.2, -0.15) is 13.2 Å². The Morgan fingerprint density at radius 3 is 2.32 bits per heavy atom. The van der Waals surface area contributed by atoms with Gasteiger partial charge in [-0.05, 0) is 24.1 Å². The summed E-state index contributed by atoms with van der Waals surface area (Å²) in [6.07, 6.45) is -3.45. The fourth-order valence-electron chi connectivity index (χ4n) is 1.45. The smallest absolute Gasteiger partial charge is 0.411 e. The highest BCUT2D eigenvalue weighted by Crippen LogP contribution is 2.18. The molecule has 0 heterocycles. The van der Waals surface area contributed by atoms with E-state index in [1.54, 1.807) is 12.1 Å². The maximum Gasteiger partial charge on any atom is 0.411 e. The van der Waals surface area contributed by atoms with Crippen molar-refractivity contribution in [3.63, 3.8) is 0 Å². The third-order valence-electron chi connectivity index (χ3n) is 2.51. The zero-order chi connectivity index (χ0) is 14.3. The van der Waals surface area contributed by atoms with Crippen molar-refractivity contribution in [2.75, 3.05) is 19.8 Å². The summed E-state index contributed by atoms with van der Waals surface area (Å²) >= 11 is 0. The molecule has 1 atom stereocenters. The molecule has 2 N–H and O–H groups in total. The largest absolute Gasteiger partial charge is 0.491 e. The number of halogens is 3. The Balaban J connectivity index is 2.27. The first-order valence-corrected chi connectivity index (χ1v) is 6.05. The van der Waals surface area contributed by atoms with E-state index in [-0.39, 0.29) is 19.3 Å². The second kappa shape index (κ2) is 7.35. The van der Waals surface area contributed by atoms with Crippen LogP contribution >= 0.6 is 0 Å². The first-order valence-electron chi connectivity index (χ1n) is 6.05. The predicted octanol–water partition coefficient (Wildman–Crippen LogP) is 3.05. The minimum Gasteiger partial charge on any atom is -0.491 e. The molecule has 19 heavy (non-hydrogen) atoms. The molecule has 0 unspecified atom stereocenters. The minimum absolute atomic E-state index is 0.0100. The minimum atomic E-state index is -4.29. The summed E-state index contributed by atoms with van der Waals surface area (Å²) in [5, 5.41) is 0. The monoisotopic (exact) mass is 277 g/mol. The highest BCUT2D eigenvalue weighted by atomic mass is 19.4. The molecule has 0 aliphatic rings. The number of hydrogen-bond donors (Lipinski definition) is 1. The lowest BCUT2D eigenvalue weighted by molar-refractivity contribution is -0.175. The van der Waals surface area contributed by atoms with E-state index in [1.807, 2.05) is 19.1 Å². The quantitative estimate of drug-likeness (QED) is 0.779. The molecule has 0 amide bonds. The third kappa shape index (κ3) is 6.45. The molecule has 0 aromatic heterocycles. The molecule has 0 saturated heterocycles. The van der Waals surface area contributed by atoms with E-state index in [1.165, 1.54) is 0 Å². The van der Waals surface area contributed by atoms with Crippen LogP contribution < -0.4 is 10.5 Å². The topological polar surface area (TPSA) is 44.5 Å². The van der Waals surface area contributed by atoms with Crippen molar-refractivity contribution in [2.24, 2.45) is 5.73 Å². The van der Waals surface area contributed by atoms with Gasteiger partial charge >= 0.3 is 6.18 Å². The Morgan fingerprint density at radius 1 is 1.16 bits per heavy atom. The number of rotatable bonds is 7. The van der Waals surface area contributed by atoms with E-state index < -0.39 is 12.8 Å². The van der Waals surface area contributed by atoms with Crippen LogP contribution in [0.15, 0.2) is 24.3 Å². The van der Waals surface area contributed by atoms with Crippen LogP contribution in [-0.2, 0) is 4.74 Å². The zero-order valence-corrected chi connectivity index (χ0v) is 10.7. The molecule has 1 rings (SSSR count). The molecule has 1 aromatic rings. The highest BCUT2D eigenvalue weighted by molar-refractivity contribution is 5.28. The van der Waals surface area contributed by atoms with Crippen LogP contribution in [0.5, 0.6) is 5.75 Å². The molecule has 0 spiro atoms. The Kier molecular flexibility index (Phi) is 6.11. The average molecular weight is 277 g/mol. The first-order chi connectivity index (χ1) is 8.92. The van der Waals surface area contributed by atoms with Crippen molar-refractivity contribution in [1.29, 1.82) is 0 Å². The van der Waals surface area contributed by atoms with Gasteiger partial charge in [-0.15, -0.1) is 0 Å². The summed E-state index contributed by atoms with van der Waals surface area (Å²) in [5.41, 5.74) is 6.86. The Labute approximate surface area is 110 Å². The van der Waals surface area contributed by atoms with Crippen molar-refractivity contribution in [3.05, 3.63) is 29.8 Å². The Hall–Kier alpha value is -1.27. The van der Waals surface area contributed by atoms with E-state index in [9.17, 15) is 13.2 Å². The second-order valence-electron chi connectivity index (χ2n) is 4.10. The molecule has 0 bridgehead atoms. The van der Waals surface area contributed by atoms with Crippen LogP contribution in [0.1, 0.15) is 24.9 Å².